The normalized spacial score (nSPS) is 30.3. The summed E-state index contributed by atoms with van der Waals surface area (Å²) in [6.07, 6.45) is 3.94. The van der Waals surface area contributed by atoms with Crippen molar-refractivity contribution in [3.05, 3.63) is 0 Å². The number of hydrogen-bond donors (Lipinski definition) is 2. The lowest BCUT2D eigenvalue weighted by molar-refractivity contribution is -0.143. The highest BCUT2D eigenvalue weighted by Gasteiger charge is 2.27. The van der Waals surface area contributed by atoms with Gasteiger partial charge in [0.05, 0.1) is 5.92 Å². The predicted octanol–water partition coefficient (Wildman–Crippen LogP) is 1.65. The van der Waals surface area contributed by atoms with E-state index in [4.69, 9.17) is 10.8 Å². The smallest absolute Gasteiger partial charge is 0.306 e. The Kier molecular flexibility index (Phi) is 5.33. The summed E-state index contributed by atoms with van der Waals surface area (Å²) in [6.45, 7) is 1.80. The van der Waals surface area contributed by atoms with E-state index in [2.05, 4.69) is 0 Å². The molecule has 1 aliphatic carbocycles. The molecule has 0 amide bonds. The van der Waals surface area contributed by atoms with Gasteiger partial charge >= 0.3 is 5.97 Å². The van der Waals surface area contributed by atoms with Crippen LogP contribution in [0.3, 0.4) is 0 Å². The Balaban J connectivity index is 0.00000144. The van der Waals surface area contributed by atoms with Crippen LogP contribution in [-0.4, -0.2) is 17.1 Å². The van der Waals surface area contributed by atoms with Gasteiger partial charge in [-0.1, -0.05) is 6.92 Å². The SMILES string of the molecule is CC(C(=O)O)[C@H]1CC[C@@H](N)CC1.Cl. The molecule has 1 aliphatic rings. The summed E-state index contributed by atoms with van der Waals surface area (Å²) in [6, 6.07) is 0.308. The van der Waals surface area contributed by atoms with Crippen molar-refractivity contribution in [3.8, 4) is 0 Å². The van der Waals surface area contributed by atoms with Crippen LogP contribution >= 0.6 is 12.4 Å². The number of carboxylic acid groups (broad SMARTS) is 1. The summed E-state index contributed by atoms with van der Waals surface area (Å²) in [7, 11) is 0. The molecule has 0 aliphatic heterocycles. The maximum Gasteiger partial charge on any atom is 0.306 e. The van der Waals surface area contributed by atoms with Crippen LogP contribution in [0.5, 0.6) is 0 Å². The zero-order valence-electron chi connectivity index (χ0n) is 7.90. The lowest BCUT2D eigenvalue weighted by Crippen LogP contribution is -2.31. The first-order valence-corrected chi connectivity index (χ1v) is 4.59. The third-order valence-electron chi connectivity index (χ3n) is 2.91. The molecule has 4 heteroatoms. The Labute approximate surface area is 85.1 Å². The molecule has 1 fully saturated rings. The predicted molar refractivity (Wildman–Crippen MR) is 54.0 cm³/mol. The van der Waals surface area contributed by atoms with Crippen LogP contribution in [-0.2, 0) is 4.79 Å². The van der Waals surface area contributed by atoms with Crippen LogP contribution < -0.4 is 5.73 Å². The van der Waals surface area contributed by atoms with Gasteiger partial charge in [0.1, 0.15) is 0 Å². The van der Waals surface area contributed by atoms with Crippen molar-refractivity contribution in [1.82, 2.24) is 0 Å². The third kappa shape index (κ3) is 3.53. The highest BCUT2D eigenvalue weighted by Crippen LogP contribution is 2.29. The first kappa shape index (κ1) is 12.7. The topological polar surface area (TPSA) is 63.3 Å². The van der Waals surface area contributed by atoms with E-state index in [1.54, 1.807) is 6.92 Å². The molecule has 0 aromatic rings. The molecular formula is C9H18ClNO2. The molecule has 3 N–H and O–H groups in total. The molecule has 0 heterocycles. The first-order chi connectivity index (χ1) is 5.61. The molecule has 0 saturated heterocycles. The lowest BCUT2D eigenvalue weighted by Gasteiger charge is -2.28. The summed E-state index contributed by atoms with van der Waals surface area (Å²) in [5.41, 5.74) is 5.73. The van der Waals surface area contributed by atoms with Crippen LogP contribution in [0.4, 0.5) is 0 Å². The number of rotatable bonds is 2. The molecule has 1 atom stereocenters. The molecule has 0 radical (unpaired) electrons. The number of hydrogen-bond acceptors (Lipinski definition) is 2. The Morgan fingerprint density at radius 1 is 1.38 bits per heavy atom. The molecule has 78 valence electrons. The Morgan fingerprint density at radius 3 is 2.23 bits per heavy atom. The molecule has 0 aromatic heterocycles. The van der Waals surface area contributed by atoms with E-state index in [0.29, 0.717) is 12.0 Å². The van der Waals surface area contributed by atoms with Crippen molar-refractivity contribution < 1.29 is 9.90 Å². The van der Waals surface area contributed by atoms with Crippen LogP contribution in [0.2, 0.25) is 0 Å². The van der Waals surface area contributed by atoms with Crippen molar-refractivity contribution in [1.29, 1.82) is 0 Å². The molecule has 13 heavy (non-hydrogen) atoms. The summed E-state index contributed by atoms with van der Waals surface area (Å²) in [4.78, 5) is 10.6. The third-order valence-corrected chi connectivity index (χ3v) is 2.91. The van der Waals surface area contributed by atoms with Gasteiger partial charge in [0.15, 0.2) is 0 Å². The van der Waals surface area contributed by atoms with E-state index in [1.165, 1.54) is 0 Å². The standard InChI is InChI=1S/C9H17NO2.ClH/c1-6(9(11)12)7-2-4-8(10)5-3-7;/h6-8H,2-5,10H2,1H3,(H,11,12);1H/t6?,7-,8+;. The van der Waals surface area contributed by atoms with Crippen molar-refractivity contribution in [2.24, 2.45) is 17.6 Å². The molecule has 1 rings (SSSR count). The molecule has 3 nitrogen and oxygen atoms in total. The summed E-state index contributed by atoms with van der Waals surface area (Å²) in [5, 5.41) is 8.77. The number of halogens is 1. The van der Waals surface area contributed by atoms with Crippen molar-refractivity contribution in [3.63, 3.8) is 0 Å². The number of carboxylic acids is 1. The van der Waals surface area contributed by atoms with Gasteiger partial charge in [-0.25, -0.2) is 0 Å². The van der Waals surface area contributed by atoms with Gasteiger partial charge in [0.2, 0.25) is 0 Å². The van der Waals surface area contributed by atoms with Gasteiger partial charge in [-0.2, -0.15) is 0 Å². The Morgan fingerprint density at radius 2 is 1.85 bits per heavy atom. The molecule has 0 spiro atoms. The average molecular weight is 208 g/mol. The highest BCUT2D eigenvalue weighted by atomic mass is 35.5. The van der Waals surface area contributed by atoms with Gasteiger partial charge < -0.3 is 10.8 Å². The molecular weight excluding hydrogens is 190 g/mol. The monoisotopic (exact) mass is 207 g/mol. The zero-order valence-corrected chi connectivity index (χ0v) is 8.72. The Hall–Kier alpha value is -0.280. The maximum absolute atomic E-state index is 10.6. The average Bonchev–Trinajstić information content (AvgIpc) is 2.04. The zero-order chi connectivity index (χ0) is 9.14. The minimum Gasteiger partial charge on any atom is -0.481 e. The number of aliphatic carboxylic acids is 1. The van der Waals surface area contributed by atoms with Crippen LogP contribution in [0.15, 0.2) is 0 Å². The van der Waals surface area contributed by atoms with Crippen molar-refractivity contribution in [2.75, 3.05) is 0 Å². The summed E-state index contributed by atoms with van der Waals surface area (Å²) >= 11 is 0. The van der Waals surface area contributed by atoms with Crippen LogP contribution in [0.1, 0.15) is 32.6 Å². The van der Waals surface area contributed by atoms with Crippen LogP contribution in [0, 0.1) is 11.8 Å². The van der Waals surface area contributed by atoms with E-state index >= 15 is 0 Å². The van der Waals surface area contributed by atoms with Gasteiger partial charge in [0, 0.05) is 6.04 Å². The van der Waals surface area contributed by atoms with Gasteiger partial charge in [-0.15, -0.1) is 12.4 Å². The minimum atomic E-state index is -0.671. The van der Waals surface area contributed by atoms with E-state index in [-0.39, 0.29) is 18.3 Å². The quantitative estimate of drug-likeness (QED) is 0.724. The van der Waals surface area contributed by atoms with E-state index in [9.17, 15) is 4.79 Å². The first-order valence-electron chi connectivity index (χ1n) is 4.59. The highest BCUT2D eigenvalue weighted by molar-refractivity contribution is 5.85. The van der Waals surface area contributed by atoms with E-state index in [0.717, 1.165) is 25.7 Å². The molecule has 0 aromatic carbocycles. The number of carbonyl (C=O) groups is 1. The second-order valence-electron chi connectivity index (χ2n) is 3.80. The van der Waals surface area contributed by atoms with Gasteiger partial charge in [0.25, 0.3) is 0 Å². The second kappa shape index (κ2) is 5.45. The lowest BCUT2D eigenvalue weighted by atomic mass is 9.79. The molecule has 1 unspecified atom stereocenters. The fraction of sp³-hybridized carbons (Fsp3) is 0.889. The minimum absolute atomic E-state index is 0. The maximum atomic E-state index is 10.6. The van der Waals surface area contributed by atoms with Gasteiger partial charge in [-0.3, -0.25) is 4.79 Å². The van der Waals surface area contributed by atoms with E-state index in [1.807, 2.05) is 0 Å². The summed E-state index contributed by atoms with van der Waals surface area (Å²) < 4.78 is 0. The summed E-state index contributed by atoms with van der Waals surface area (Å²) in [5.74, 6) is -0.518. The largest absolute Gasteiger partial charge is 0.481 e. The Bertz CT molecular complexity index is 167. The van der Waals surface area contributed by atoms with E-state index < -0.39 is 5.97 Å². The van der Waals surface area contributed by atoms with Crippen molar-refractivity contribution in [2.45, 2.75) is 38.6 Å². The van der Waals surface area contributed by atoms with Gasteiger partial charge in [-0.05, 0) is 31.6 Å². The van der Waals surface area contributed by atoms with Crippen molar-refractivity contribution >= 4 is 18.4 Å². The fourth-order valence-corrected chi connectivity index (χ4v) is 1.85. The molecule has 1 saturated carbocycles. The fourth-order valence-electron chi connectivity index (χ4n) is 1.85. The molecule has 0 bridgehead atoms. The van der Waals surface area contributed by atoms with Crippen LogP contribution in [0.25, 0.3) is 0 Å². The number of nitrogens with two attached hydrogens (primary N) is 1. The second-order valence-corrected chi connectivity index (χ2v) is 3.80.